The van der Waals surface area contributed by atoms with E-state index < -0.39 is 11.8 Å². The standard InChI is InChI=1S/C39H46N12O4/c1-4-49-33(37(55)45-38-42-28-16-14-24(34(40)52)20-29(28)43-38)27(23(3)48-49)13-9-6-10-18-50-32(19-22(2)47-50)36(54)46-39-44-30-21-25(35(41)53)15-17-31(30)51(39)26-11-7-5-8-12-26/h14-17,19-21,26H,4-13,18H2,1-3H3,(H2,40,52)(H2,41,53)(H,44,46,54)(H2,42,43,45,55). The lowest BCUT2D eigenvalue weighted by Crippen LogP contribution is -2.22. The van der Waals surface area contributed by atoms with Crippen molar-refractivity contribution < 1.29 is 19.2 Å². The highest BCUT2D eigenvalue weighted by molar-refractivity contribution is 6.05. The molecule has 7 rings (SSSR count). The monoisotopic (exact) mass is 746 g/mol. The molecule has 16 heteroatoms. The summed E-state index contributed by atoms with van der Waals surface area (Å²) < 4.78 is 5.53. The van der Waals surface area contributed by atoms with Crippen molar-refractivity contribution in [2.75, 3.05) is 10.6 Å². The van der Waals surface area contributed by atoms with Crippen molar-refractivity contribution in [3.05, 3.63) is 81.9 Å². The predicted octanol–water partition coefficient (Wildman–Crippen LogP) is 5.56. The number of unbranched alkanes of at least 4 members (excludes halogenated alkanes) is 2. The van der Waals surface area contributed by atoms with Crippen molar-refractivity contribution >= 4 is 57.6 Å². The molecule has 1 saturated carbocycles. The highest BCUT2D eigenvalue weighted by atomic mass is 16.2. The van der Waals surface area contributed by atoms with E-state index in [4.69, 9.17) is 16.5 Å². The van der Waals surface area contributed by atoms with E-state index in [1.807, 2.05) is 26.8 Å². The van der Waals surface area contributed by atoms with Gasteiger partial charge in [-0.3, -0.25) is 39.2 Å². The van der Waals surface area contributed by atoms with Gasteiger partial charge in [-0.05, 0) is 95.3 Å². The molecule has 7 N–H and O–H groups in total. The molecule has 286 valence electrons. The van der Waals surface area contributed by atoms with E-state index >= 15 is 0 Å². The molecule has 55 heavy (non-hydrogen) atoms. The molecule has 0 saturated heterocycles. The number of carbonyl (C=O) groups excluding carboxylic acids is 4. The molecule has 1 fully saturated rings. The topological polar surface area (TPSA) is 227 Å². The molecule has 4 heterocycles. The smallest absolute Gasteiger partial charge is 0.276 e. The van der Waals surface area contributed by atoms with E-state index in [-0.39, 0.29) is 23.8 Å². The van der Waals surface area contributed by atoms with Crippen molar-refractivity contribution in [2.24, 2.45) is 11.5 Å². The molecule has 0 aliphatic heterocycles. The van der Waals surface area contributed by atoms with Gasteiger partial charge in [-0.1, -0.05) is 25.7 Å². The van der Waals surface area contributed by atoms with E-state index in [0.29, 0.717) is 64.5 Å². The Morgan fingerprint density at radius 2 is 1.56 bits per heavy atom. The van der Waals surface area contributed by atoms with Crippen molar-refractivity contribution in [3.63, 3.8) is 0 Å². The Hall–Kier alpha value is -6.32. The van der Waals surface area contributed by atoms with Crippen molar-refractivity contribution in [1.82, 2.24) is 39.1 Å². The van der Waals surface area contributed by atoms with Gasteiger partial charge in [0.25, 0.3) is 11.8 Å². The van der Waals surface area contributed by atoms with E-state index in [1.54, 1.807) is 45.8 Å². The fraction of sp³-hybridized carbons (Fsp3) is 0.385. The SMILES string of the molecule is CCn1nc(C)c(CCCCCn2nc(C)cc2C(=O)Nc2nc3cc(C(N)=O)ccc3n2C2CCCCC2)c1C(=O)Nc1nc2ccc(C(N)=O)cc2[nH]1. The number of hydrogen-bond donors (Lipinski definition) is 5. The van der Waals surface area contributed by atoms with Crippen molar-refractivity contribution in [1.29, 1.82) is 0 Å². The van der Waals surface area contributed by atoms with Crippen LogP contribution in [0.5, 0.6) is 0 Å². The van der Waals surface area contributed by atoms with Gasteiger partial charge < -0.3 is 21.0 Å². The Balaban J connectivity index is 1.01. The number of fused-ring (bicyclic) bond motifs is 2. The Morgan fingerprint density at radius 3 is 2.31 bits per heavy atom. The molecule has 6 aromatic rings. The zero-order chi connectivity index (χ0) is 38.8. The fourth-order valence-electron chi connectivity index (χ4n) is 7.64. The summed E-state index contributed by atoms with van der Waals surface area (Å²) in [6.07, 6.45) is 8.35. The van der Waals surface area contributed by atoms with Gasteiger partial charge in [0, 0.05) is 35.8 Å². The second kappa shape index (κ2) is 15.6. The quantitative estimate of drug-likeness (QED) is 0.0884. The molecule has 2 aromatic carbocycles. The van der Waals surface area contributed by atoms with Gasteiger partial charge in [-0.25, -0.2) is 9.97 Å². The van der Waals surface area contributed by atoms with Crippen LogP contribution in [0, 0.1) is 13.8 Å². The minimum absolute atomic E-state index is 0.183. The lowest BCUT2D eigenvalue weighted by atomic mass is 9.95. The van der Waals surface area contributed by atoms with Crippen LogP contribution in [-0.2, 0) is 19.5 Å². The minimum Gasteiger partial charge on any atom is -0.366 e. The third kappa shape index (κ3) is 7.70. The molecule has 0 unspecified atom stereocenters. The molecule has 0 atom stereocenters. The highest BCUT2D eigenvalue weighted by Gasteiger charge is 2.25. The second-order valence-electron chi connectivity index (χ2n) is 14.2. The zero-order valence-corrected chi connectivity index (χ0v) is 31.3. The lowest BCUT2D eigenvalue weighted by Gasteiger charge is -2.25. The number of hydrogen-bond acceptors (Lipinski definition) is 8. The number of rotatable bonds is 14. The molecule has 1 aliphatic rings. The number of aryl methyl sites for hydroxylation is 4. The third-order valence-corrected chi connectivity index (χ3v) is 10.3. The summed E-state index contributed by atoms with van der Waals surface area (Å²) in [5.41, 5.74) is 17.6. The third-order valence-electron chi connectivity index (χ3n) is 10.3. The van der Waals surface area contributed by atoms with Crippen LogP contribution in [0.2, 0.25) is 0 Å². The van der Waals surface area contributed by atoms with Crippen LogP contribution in [0.15, 0.2) is 42.5 Å². The maximum Gasteiger partial charge on any atom is 0.276 e. The largest absolute Gasteiger partial charge is 0.366 e. The Bertz CT molecular complexity index is 2430. The van der Waals surface area contributed by atoms with Gasteiger partial charge in [0.15, 0.2) is 0 Å². The summed E-state index contributed by atoms with van der Waals surface area (Å²) in [5.74, 6) is -1.02. The maximum atomic E-state index is 13.8. The lowest BCUT2D eigenvalue weighted by molar-refractivity contribution is 0.0992. The van der Waals surface area contributed by atoms with Crippen LogP contribution in [0.3, 0.4) is 0 Å². The number of nitrogens with zero attached hydrogens (tertiary/aromatic N) is 7. The van der Waals surface area contributed by atoms with Crippen LogP contribution in [-0.4, -0.2) is 62.7 Å². The Morgan fingerprint density at radius 1 is 0.818 bits per heavy atom. The van der Waals surface area contributed by atoms with Crippen LogP contribution in [0.4, 0.5) is 11.9 Å². The summed E-state index contributed by atoms with van der Waals surface area (Å²) in [5, 5.41) is 15.2. The van der Waals surface area contributed by atoms with Crippen LogP contribution in [0.1, 0.15) is 123 Å². The molecule has 1 aliphatic carbocycles. The van der Waals surface area contributed by atoms with Crippen LogP contribution in [0.25, 0.3) is 22.1 Å². The molecule has 0 bridgehead atoms. The Labute approximate surface area is 317 Å². The number of carbonyl (C=O) groups is 4. The number of aromatic amines is 1. The Kier molecular flexibility index (Phi) is 10.5. The number of nitrogens with one attached hydrogen (secondary N) is 3. The number of anilines is 2. The fourth-order valence-corrected chi connectivity index (χ4v) is 7.64. The van der Waals surface area contributed by atoms with E-state index in [1.165, 1.54) is 6.42 Å². The summed E-state index contributed by atoms with van der Waals surface area (Å²) in [7, 11) is 0. The van der Waals surface area contributed by atoms with Gasteiger partial charge in [-0.2, -0.15) is 10.2 Å². The summed E-state index contributed by atoms with van der Waals surface area (Å²) >= 11 is 0. The first-order chi connectivity index (χ1) is 26.5. The average Bonchev–Trinajstić information content (AvgIpc) is 3.93. The van der Waals surface area contributed by atoms with E-state index in [2.05, 4.69) is 35.4 Å². The average molecular weight is 747 g/mol. The molecular formula is C39H46N12O4. The number of H-pyrrole nitrogens is 1. The predicted molar refractivity (Wildman–Crippen MR) is 208 cm³/mol. The molecule has 16 nitrogen and oxygen atoms in total. The molecular weight excluding hydrogens is 701 g/mol. The normalized spacial score (nSPS) is 13.4. The molecule has 0 spiro atoms. The summed E-state index contributed by atoms with van der Waals surface area (Å²) in [6, 6.07) is 12.1. The van der Waals surface area contributed by atoms with Gasteiger partial charge in [0.1, 0.15) is 11.4 Å². The number of primary amides is 2. The molecule has 4 amide bonds. The molecule has 0 radical (unpaired) electrons. The first-order valence-corrected chi connectivity index (χ1v) is 18.9. The van der Waals surface area contributed by atoms with Gasteiger partial charge in [0.05, 0.1) is 33.5 Å². The van der Waals surface area contributed by atoms with Crippen molar-refractivity contribution in [2.45, 2.75) is 97.7 Å². The second-order valence-corrected chi connectivity index (χ2v) is 14.2. The highest BCUT2D eigenvalue weighted by Crippen LogP contribution is 2.35. The summed E-state index contributed by atoms with van der Waals surface area (Å²) in [4.78, 5) is 63.2. The number of nitrogens with two attached hydrogens (primary N) is 2. The maximum absolute atomic E-state index is 13.8. The van der Waals surface area contributed by atoms with Gasteiger partial charge in [0.2, 0.25) is 23.7 Å². The molecule has 4 aromatic heterocycles. The van der Waals surface area contributed by atoms with E-state index in [9.17, 15) is 19.2 Å². The number of imidazole rings is 2. The van der Waals surface area contributed by atoms with Gasteiger partial charge >= 0.3 is 0 Å². The zero-order valence-electron chi connectivity index (χ0n) is 31.3. The number of aromatic nitrogens is 8. The van der Waals surface area contributed by atoms with Crippen LogP contribution >= 0.6 is 0 Å². The summed E-state index contributed by atoms with van der Waals surface area (Å²) in [6.45, 7) is 6.74. The van der Waals surface area contributed by atoms with Gasteiger partial charge in [-0.15, -0.1) is 0 Å². The van der Waals surface area contributed by atoms with Crippen molar-refractivity contribution in [3.8, 4) is 0 Å². The van der Waals surface area contributed by atoms with Crippen LogP contribution < -0.4 is 22.1 Å². The first kappa shape index (κ1) is 37.0. The first-order valence-electron chi connectivity index (χ1n) is 18.9. The van der Waals surface area contributed by atoms with E-state index in [0.717, 1.165) is 67.4 Å². The minimum atomic E-state index is -0.550. The number of benzene rings is 2. The number of amides is 4.